The highest BCUT2D eigenvalue weighted by atomic mass is 16.6. The summed E-state index contributed by atoms with van der Waals surface area (Å²) in [5.41, 5.74) is 4.80. The van der Waals surface area contributed by atoms with Gasteiger partial charge in [0.1, 0.15) is 6.61 Å². The number of aromatic nitrogens is 1. The number of methoxy groups -OCH3 is 1. The predicted octanol–water partition coefficient (Wildman–Crippen LogP) is 4.37. The smallest absolute Gasteiger partial charge is 0.418 e. The first-order valence-corrected chi connectivity index (χ1v) is 13.3. The van der Waals surface area contributed by atoms with Gasteiger partial charge in [-0.1, -0.05) is 25.0 Å². The van der Waals surface area contributed by atoms with Crippen molar-refractivity contribution in [2.24, 2.45) is 11.8 Å². The van der Waals surface area contributed by atoms with E-state index in [1.807, 2.05) is 4.57 Å². The molecule has 0 N–H and O–H groups in total. The van der Waals surface area contributed by atoms with E-state index >= 15 is 0 Å². The van der Waals surface area contributed by atoms with E-state index in [1.54, 1.807) is 7.11 Å². The normalized spacial score (nSPS) is 27.1. The van der Waals surface area contributed by atoms with Gasteiger partial charge in [-0.3, -0.25) is 4.90 Å². The molecule has 1 saturated carbocycles. The lowest BCUT2D eigenvalue weighted by Gasteiger charge is -2.53. The SMILES string of the molecule is CC[C@H]1C[C@H]2C[C@H]3c4c(c5cc(C)ccc5n4C(=O)OCCOCCOCCOC)CCN(C2)C13. The van der Waals surface area contributed by atoms with E-state index in [-0.39, 0.29) is 12.7 Å². The molecule has 2 aromatic rings. The van der Waals surface area contributed by atoms with Crippen LogP contribution in [0.15, 0.2) is 18.2 Å². The zero-order chi connectivity index (χ0) is 24.4. The van der Waals surface area contributed by atoms with E-state index in [4.69, 9.17) is 18.9 Å². The van der Waals surface area contributed by atoms with Crippen LogP contribution < -0.4 is 0 Å². The molecule has 4 aliphatic rings. The minimum absolute atomic E-state index is 0.234. The summed E-state index contributed by atoms with van der Waals surface area (Å²) in [6.07, 6.45) is 4.44. The maximum atomic E-state index is 13.5. The molecule has 6 rings (SSSR count). The number of benzene rings is 1. The van der Waals surface area contributed by atoms with Gasteiger partial charge in [-0.25, -0.2) is 9.36 Å². The number of ether oxygens (including phenoxy) is 4. The summed E-state index contributed by atoms with van der Waals surface area (Å²) in [7, 11) is 1.65. The van der Waals surface area contributed by atoms with E-state index in [0.29, 0.717) is 50.9 Å². The predicted molar refractivity (Wildman–Crippen MR) is 135 cm³/mol. The number of fused-ring (bicyclic) bond motifs is 4. The van der Waals surface area contributed by atoms with Crippen LogP contribution in [0.2, 0.25) is 0 Å². The van der Waals surface area contributed by atoms with Gasteiger partial charge in [0.15, 0.2) is 0 Å². The van der Waals surface area contributed by atoms with Gasteiger partial charge in [0, 0.05) is 43.2 Å². The average molecular weight is 485 g/mol. The number of nitrogens with zero attached hydrogens (tertiary/aromatic N) is 2. The molecule has 4 bridgehead atoms. The van der Waals surface area contributed by atoms with Crippen molar-refractivity contribution >= 4 is 17.0 Å². The standard InChI is InChI=1S/C28H40N2O5/c1-4-21-16-20-17-24-26(21)29(18-20)8-7-22-23-15-19(2)5-6-25(23)30(27(22)24)28(31)35-14-13-34-12-11-33-10-9-32-3/h5-6,15,20-21,24,26H,4,7-14,16-18H2,1-3H3/t20-,21-,24+,26?/m0/s1. The molecule has 2 unspecified atom stereocenters. The first-order chi connectivity index (χ1) is 17.1. The summed E-state index contributed by atoms with van der Waals surface area (Å²) in [6.45, 7) is 9.47. The van der Waals surface area contributed by atoms with Crippen molar-refractivity contribution in [2.75, 3.05) is 59.8 Å². The highest BCUT2D eigenvalue weighted by molar-refractivity contribution is 5.94. The Labute approximate surface area is 208 Å². The lowest BCUT2D eigenvalue weighted by atomic mass is 9.65. The third kappa shape index (κ3) is 4.88. The second kappa shape index (κ2) is 11.0. The molecule has 1 aromatic carbocycles. The number of hydrogen-bond acceptors (Lipinski definition) is 6. The number of aryl methyl sites for hydroxylation is 1. The van der Waals surface area contributed by atoms with Crippen LogP contribution in [-0.4, -0.2) is 81.4 Å². The molecule has 35 heavy (non-hydrogen) atoms. The van der Waals surface area contributed by atoms with Gasteiger partial charge in [0.2, 0.25) is 0 Å². The average Bonchev–Trinajstić information content (AvgIpc) is 3.13. The third-order valence-corrected chi connectivity index (χ3v) is 8.27. The van der Waals surface area contributed by atoms with Gasteiger partial charge in [0.25, 0.3) is 0 Å². The van der Waals surface area contributed by atoms with Crippen molar-refractivity contribution in [3.05, 3.63) is 35.0 Å². The second-order valence-corrected chi connectivity index (χ2v) is 10.4. The molecular weight excluding hydrogens is 444 g/mol. The fourth-order valence-corrected chi connectivity index (χ4v) is 6.88. The summed E-state index contributed by atoms with van der Waals surface area (Å²) in [5.74, 6) is 1.83. The summed E-state index contributed by atoms with van der Waals surface area (Å²) in [4.78, 5) is 16.3. The Kier molecular flexibility index (Phi) is 7.77. The Hall–Kier alpha value is -1.93. The van der Waals surface area contributed by atoms with Crippen LogP contribution in [0.3, 0.4) is 0 Å². The summed E-state index contributed by atoms with van der Waals surface area (Å²) >= 11 is 0. The van der Waals surface area contributed by atoms with Crippen LogP contribution in [0.5, 0.6) is 0 Å². The van der Waals surface area contributed by atoms with Crippen molar-refractivity contribution < 1.29 is 23.7 Å². The number of rotatable bonds is 10. The van der Waals surface area contributed by atoms with Crippen LogP contribution in [0.1, 0.15) is 48.9 Å². The monoisotopic (exact) mass is 484 g/mol. The fraction of sp³-hybridized carbons (Fsp3) is 0.679. The molecule has 4 heterocycles. The fourth-order valence-electron chi connectivity index (χ4n) is 6.88. The molecule has 3 aliphatic heterocycles. The van der Waals surface area contributed by atoms with E-state index in [0.717, 1.165) is 24.4 Å². The third-order valence-electron chi connectivity index (χ3n) is 8.27. The van der Waals surface area contributed by atoms with Crippen molar-refractivity contribution in [2.45, 2.75) is 51.5 Å². The van der Waals surface area contributed by atoms with Crippen LogP contribution in [0.4, 0.5) is 4.79 Å². The quantitative estimate of drug-likeness (QED) is 0.467. The van der Waals surface area contributed by atoms with Gasteiger partial charge in [-0.15, -0.1) is 0 Å². The Morgan fingerprint density at radius 2 is 1.83 bits per heavy atom. The largest absolute Gasteiger partial charge is 0.446 e. The van der Waals surface area contributed by atoms with Gasteiger partial charge in [0.05, 0.1) is 38.6 Å². The molecule has 5 atom stereocenters. The molecule has 7 heteroatoms. The van der Waals surface area contributed by atoms with Crippen molar-refractivity contribution in [3.63, 3.8) is 0 Å². The first-order valence-electron chi connectivity index (χ1n) is 13.3. The minimum Gasteiger partial charge on any atom is -0.446 e. The van der Waals surface area contributed by atoms with E-state index in [9.17, 15) is 4.79 Å². The molecule has 7 nitrogen and oxygen atoms in total. The Bertz CT molecular complexity index is 1030. The second-order valence-electron chi connectivity index (χ2n) is 10.4. The van der Waals surface area contributed by atoms with Crippen LogP contribution in [-0.2, 0) is 25.4 Å². The maximum Gasteiger partial charge on any atom is 0.418 e. The molecule has 1 aliphatic carbocycles. The van der Waals surface area contributed by atoms with Crippen molar-refractivity contribution in [3.8, 4) is 0 Å². The minimum atomic E-state index is -0.275. The van der Waals surface area contributed by atoms with Gasteiger partial charge < -0.3 is 18.9 Å². The number of hydrogen-bond donors (Lipinski definition) is 0. The Balaban J connectivity index is 1.35. The maximum absolute atomic E-state index is 13.5. The Morgan fingerprint density at radius 1 is 1.06 bits per heavy atom. The van der Waals surface area contributed by atoms with E-state index in [1.165, 1.54) is 48.0 Å². The lowest BCUT2D eigenvalue weighted by molar-refractivity contribution is -0.0142. The lowest BCUT2D eigenvalue weighted by Crippen LogP contribution is -2.56. The van der Waals surface area contributed by atoms with E-state index in [2.05, 4.69) is 36.9 Å². The highest BCUT2D eigenvalue weighted by Gasteiger charge is 2.49. The summed E-state index contributed by atoms with van der Waals surface area (Å²) in [6, 6.07) is 6.99. The molecule has 0 amide bonds. The van der Waals surface area contributed by atoms with Crippen LogP contribution >= 0.6 is 0 Å². The first kappa shape index (κ1) is 24.8. The summed E-state index contributed by atoms with van der Waals surface area (Å²) in [5, 5.41) is 1.22. The molecule has 1 aromatic heterocycles. The van der Waals surface area contributed by atoms with Crippen LogP contribution in [0.25, 0.3) is 10.9 Å². The molecule has 0 spiro atoms. The zero-order valence-electron chi connectivity index (χ0n) is 21.5. The molecule has 0 radical (unpaired) electrons. The Morgan fingerprint density at radius 3 is 2.60 bits per heavy atom. The zero-order valence-corrected chi connectivity index (χ0v) is 21.5. The number of carbonyl (C=O) groups is 1. The molecule has 3 fully saturated rings. The van der Waals surface area contributed by atoms with Crippen LogP contribution in [0, 0.1) is 18.8 Å². The van der Waals surface area contributed by atoms with E-state index < -0.39 is 0 Å². The summed E-state index contributed by atoms with van der Waals surface area (Å²) < 4.78 is 23.6. The van der Waals surface area contributed by atoms with Gasteiger partial charge >= 0.3 is 6.09 Å². The van der Waals surface area contributed by atoms with Crippen molar-refractivity contribution in [1.29, 1.82) is 0 Å². The molecular formula is C28H40N2O5. The topological polar surface area (TPSA) is 62.2 Å². The van der Waals surface area contributed by atoms with Gasteiger partial charge in [-0.2, -0.15) is 0 Å². The number of piperidine rings is 2. The molecule has 192 valence electrons. The highest BCUT2D eigenvalue weighted by Crippen LogP contribution is 2.51. The van der Waals surface area contributed by atoms with Crippen molar-refractivity contribution in [1.82, 2.24) is 9.47 Å². The molecule has 2 saturated heterocycles. The number of carbonyl (C=O) groups excluding carboxylic acids is 1. The van der Waals surface area contributed by atoms with Gasteiger partial charge in [-0.05, 0) is 55.7 Å².